The molecule has 90 valence electrons. The third-order valence-corrected chi connectivity index (χ3v) is 4.10. The van der Waals surface area contributed by atoms with Crippen LogP contribution in [0.15, 0.2) is 5.03 Å². The number of rotatable bonds is 5. The highest BCUT2D eigenvalue weighted by Gasteiger charge is 2.27. The Bertz CT molecular complexity index is 476. The summed E-state index contributed by atoms with van der Waals surface area (Å²) in [6.07, 6.45) is 2.16. The van der Waals surface area contributed by atoms with E-state index in [2.05, 4.69) is 14.9 Å². The summed E-state index contributed by atoms with van der Waals surface area (Å²) in [6, 6.07) is 0. The van der Waals surface area contributed by atoms with Gasteiger partial charge < -0.3 is 5.11 Å². The molecule has 7 heteroatoms. The lowest BCUT2D eigenvalue weighted by Crippen LogP contribution is -2.27. The van der Waals surface area contributed by atoms with Crippen LogP contribution in [-0.2, 0) is 16.6 Å². The standard InChI is InChI=1S/C9H15N3O3S/c1-6-8(5-13)9(12-11-6)16(14,15)10-4-7-2-3-7/h7,10,13H,2-5H2,1H3,(H,11,12). The summed E-state index contributed by atoms with van der Waals surface area (Å²) < 4.78 is 26.2. The number of aliphatic hydroxyl groups is 1. The first-order valence-electron chi connectivity index (χ1n) is 5.19. The van der Waals surface area contributed by atoms with Gasteiger partial charge in [0.05, 0.1) is 6.61 Å². The lowest BCUT2D eigenvalue weighted by molar-refractivity contribution is 0.277. The molecular weight excluding hydrogens is 230 g/mol. The molecule has 0 bridgehead atoms. The average Bonchev–Trinajstić information content (AvgIpc) is 2.98. The maximum Gasteiger partial charge on any atom is 0.260 e. The molecule has 1 aromatic heterocycles. The molecule has 1 saturated carbocycles. The summed E-state index contributed by atoms with van der Waals surface area (Å²) in [5, 5.41) is 15.3. The third kappa shape index (κ3) is 2.26. The summed E-state index contributed by atoms with van der Waals surface area (Å²) in [4.78, 5) is 0. The molecule has 0 saturated heterocycles. The number of nitrogens with one attached hydrogen (secondary N) is 2. The second kappa shape index (κ2) is 4.15. The van der Waals surface area contributed by atoms with Crippen LogP contribution >= 0.6 is 0 Å². The summed E-state index contributed by atoms with van der Waals surface area (Å²) >= 11 is 0. The van der Waals surface area contributed by atoms with Crippen LogP contribution in [0.2, 0.25) is 0 Å². The number of aromatic nitrogens is 2. The molecule has 1 aliphatic carbocycles. The molecule has 1 heterocycles. The van der Waals surface area contributed by atoms with E-state index in [4.69, 9.17) is 5.11 Å². The van der Waals surface area contributed by atoms with Crippen LogP contribution in [0.3, 0.4) is 0 Å². The molecule has 0 amide bonds. The van der Waals surface area contributed by atoms with Gasteiger partial charge in [-0.2, -0.15) is 5.10 Å². The lowest BCUT2D eigenvalue weighted by Gasteiger charge is -2.04. The van der Waals surface area contributed by atoms with Crippen molar-refractivity contribution in [1.29, 1.82) is 0 Å². The van der Waals surface area contributed by atoms with Crippen LogP contribution in [0.25, 0.3) is 0 Å². The van der Waals surface area contributed by atoms with Crippen molar-refractivity contribution in [1.82, 2.24) is 14.9 Å². The van der Waals surface area contributed by atoms with Crippen LogP contribution in [0.5, 0.6) is 0 Å². The molecule has 1 aliphatic rings. The van der Waals surface area contributed by atoms with Crippen LogP contribution in [0, 0.1) is 12.8 Å². The van der Waals surface area contributed by atoms with E-state index in [0.717, 1.165) is 12.8 Å². The van der Waals surface area contributed by atoms with Gasteiger partial charge in [0.1, 0.15) is 0 Å². The van der Waals surface area contributed by atoms with Crippen LogP contribution in [-0.4, -0.2) is 30.3 Å². The first-order valence-corrected chi connectivity index (χ1v) is 6.67. The van der Waals surface area contributed by atoms with E-state index in [1.165, 1.54) is 0 Å². The molecule has 0 atom stereocenters. The van der Waals surface area contributed by atoms with Gasteiger partial charge in [-0.1, -0.05) is 0 Å². The van der Waals surface area contributed by atoms with Gasteiger partial charge in [0.2, 0.25) is 0 Å². The van der Waals surface area contributed by atoms with Gasteiger partial charge in [-0.05, 0) is 25.7 Å². The van der Waals surface area contributed by atoms with Crippen molar-refractivity contribution < 1.29 is 13.5 Å². The summed E-state index contributed by atoms with van der Waals surface area (Å²) in [7, 11) is -3.59. The Morgan fingerprint density at radius 3 is 2.81 bits per heavy atom. The Balaban J connectivity index is 2.19. The number of aromatic amines is 1. The largest absolute Gasteiger partial charge is 0.392 e. The zero-order chi connectivity index (χ0) is 11.8. The first-order chi connectivity index (χ1) is 7.54. The summed E-state index contributed by atoms with van der Waals surface area (Å²) in [6.45, 7) is 1.81. The zero-order valence-electron chi connectivity index (χ0n) is 9.02. The average molecular weight is 245 g/mol. The number of H-pyrrole nitrogens is 1. The van der Waals surface area contributed by atoms with Crippen molar-refractivity contribution in [2.75, 3.05) is 6.54 Å². The zero-order valence-corrected chi connectivity index (χ0v) is 9.84. The quantitative estimate of drug-likeness (QED) is 0.675. The molecule has 0 unspecified atom stereocenters. The molecule has 3 N–H and O–H groups in total. The molecule has 1 aromatic rings. The molecule has 0 aromatic carbocycles. The Labute approximate surface area is 94.1 Å². The Kier molecular flexibility index (Phi) is 3.00. The monoisotopic (exact) mass is 245 g/mol. The number of aryl methyl sites for hydroxylation is 1. The predicted molar refractivity (Wildman–Crippen MR) is 57.2 cm³/mol. The lowest BCUT2D eigenvalue weighted by atomic mass is 10.3. The topological polar surface area (TPSA) is 95.1 Å². The van der Waals surface area contributed by atoms with Gasteiger partial charge in [0, 0.05) is 17.8 Å². The third-order valence-electron chi connectivity index (χ3n) is 2.71. The van der Waals surface area contributed by atoms with Gasteiger partial charge in [0.15, 0.2) is 5.03 Å². The molecule has 0 aliphatic heterocycles. The van der Waals surface area contributed by atoms with Crippen molar-refractivity contribution in [2.24, 2.45) is 5.92 Å². The van der Waals surface area contributed by atoms with Crippen LogP contribution < -0.4 is 4.72 Å². The maximum atomic E-state index is 11.9. The number of sulfonamides is 1. The number of aliphatic hydroxyl groups excluding tert-OH is 1. The highest BCUT2D eigenvalue weighted by molar-refractivity contribution is 7.89. The van der Waals surface area contributed by atoms with E-state index >= 15 is 0 Å². The van der Waals surface area contributed by atoms with Gasteiger partial charge >= 0.3 is 0 Å². The van der Waals surface area contributed by atoms with E-state index in [0.29, 0.717) is 23.7 Å². The van der Waals surface area contributed by atoms with Crippen molar-refractivity contribution in [3.8, 4) is 0 Å². The van der Waals surface area contributed by atoms with E-state index in [9.17, 15) is 8.42 Å². The molecule has 2 rings (SSSR count). The highest BCUT2D eigenvalue weighted by Crippen LogP contribution is 2.28. The summed E-state index contributed by atoms with van der Waals surface area (Å²) in [5.41, 5.74) is 0.914. The normalized spacial score (nSPS) is 16.6. The van der Waals surface area contributed by atoms with Crippen molar-refractivity contribution in [3.63, 3.8) is 0 Å². The predicted octanol–water partition coefficient (Wildman–Crippen LogP) is -0.101. The first kappa shape index (κ1) is 11.6. The fraction of sp³-hybridized carbons (Fsp3) is 0.667. The Hall–Kier alpha value is -0.920. The summed E-state index contributed by atoms with van der Waals surface area (Å²) in [5.74, 6) is 0.465. The second-order valence-corrected chi connectivity index (χ2v) is 5.77. The number of hydrogen-bond donors (Lipinski definition) is 3. The minimum atomic E-state index is -3.59. The van der Waals surface area contributed by atoms with E-state index < -0.39 is 10.0 Å². The Morgan fingerprint density at radius 1 is 1.56 bits per heavy atom. The second-order valence-electron chi connectivity index (χ2n) is 4.09. The molecular formula is C9H15N3O3S. The minimum absolute atomic E-state index is 0.0897. The SMILES string of the molecule is Cc1[nH]nc(S(=O)(=O)NCC2CC2)c1CO. The molecule has 16 heavy (non-hydrogen) atoms. The molecule has 1 fully saturated rings. The van der Waals surface area contributed by atoms with Crippen LogP contribution in [0.1, 0.15) is 24.1 Å². The van der Waals surface area contributed by atoms with Gasteiger partial charge in [0.25, 0.3) is 10.0 Å². The van der Waals surface area contributed by atoms with Gasteiger partial charge in [-0.15, -0.1) is 0 Å². The number of nitrogens with zero attached hydrogens (tertiary/aromatic N) is 1. The fourth-order valence-corrected chi connectivity index (χ4v) is 2.76. The number of hydrogen-bond acceptors (Lipinski definition) is 4. The van der Waals surface area contributed by atoms with Crippen LogP contribution in [0.4, 0.5) is 0 Å². The molecule has 6 nitrogen and oxygen atoms in total. The van der Waals surface area contributed by atoms with Gasteiger partial charge in [-0.3, -0.25) is 5.10 Å². The van der Waals surface area contributed by atoms with Crippen molar-refractivity contribution in [3.05, 3.63) is 11.3 Å². The van der Waals surface area contributed by atoms with E-state index in [1.54, 1.807) is 6.92 Å². The van der Waals surface area contributed by atoms with E-state index in [1.807, 2.05) is 0 Å². The molecule has 0 spiro atoms. The van der Waals surface area contributed by atoms with E-state index in [-0.39, 0.29) is 11.6 Å². The fourth-order valence-electron chi connectivity index (χ4n) is 1.46. The minimum Gasteiger partial charge on any atom is -0.392 e. The van der Waals surface area contributed by atoms with Crippen molar-refractivity contribution in [2.45, 2.75) is 31.4 Å². The smallest absolute Gasteiger partial charge is 0.260 e. The molecule has 0 radical (unpaired) electrons. The Morgan fingerprint density at radius 2 is 2.25 bits per heavy atom. The van der Waals surface area contributed by atoms with Crippen molar-refractivity contribution >= 4 is 10.0 Å². The highest BCUT2D eigenvalue weighted by atomic mass is 32.2. The van der Waals surface area contributed by atoms with Gasteiger partial charge in [-0.25, -0.2) is 13.1 Å². The maximum absolute atomic E-state index is 11.9.